The molecule has 0 radical (unpaired) electrons. The van der Waals surface area contributed by atoms with Gasteiger partial charge < -0.3 is 10.6 Å². The van der Waals surface area contributed by atoms with Gasteiger partial charge in [-0.25, -0.2) is 0 Å². The van der Waals surface area contributed by atoms with E-state index in [2.05, 4.69) is 16.7 Å². The van der Waals surface area contributed by atoms with Crippen LogP contribution in [0.1, 0.15) is 28.8 Å². The minimum atomic E-state index is 0.0550. The molecule has 1 saturated heterocycles. The second-order valence-corrected chi connectivity index (χ2v) is 5.96. The molecule has 1 aromatic rings. The van der Waals surface area contributed by atoms with E-state index < -0.39 is 0 Å². The highest BCUT2D eigenvalue weighted by Gasteiger charge is 2.15. The lowest BCUT2D eigenvalue weighted by Crippen LogP contribution is -2.27. The summed E-state index contributed by atoms with van der Waals surface area (Å²) in [5.41, 5.74) is 1.84. The van der Waals surface area contributed by atoms with Gasteiger partial charge in [0.05, 0.1) is 0 Å². The van der Waals surface area contributed by atoms with Gasteiger partial charge in [0.25, 0.3) is 5.91 Å². The van der Waals surface area contributed by atoms with Crippen LogP contribution in [0.3, 0.4) is 0 Å². The SMILES string of the molecule is CSc1ccc(C)c(C(=O)NCCC2CCNC2)c1. The molecule has 1 fully saturated rings. The Labute approximate surface area is 119 Å². The molecule has 0 saturated carbocycles. The fraction of sp³-hybridized carbons (Fsp3) is 0.533. The van der Waals surface area contributed by atoms with E-state index in [-0.39, 0.29) is 5.91 Å². The number of hydrogen-bond donors (Lipinski definition) is 2. The summed E-state index contributed by atoms with van der Waals surface area (Å²) in [6.07, 6.45) is 4.33. The Bertz CT molecular complexity index is 442. The van der Waals surface area contributed by atoms with Crippen LogP contribution in [-0.2, 0) is 0 Å². The van der Waals surface area contributed by atoms with Crippen LogP contribution in [0.15, 0.2) is 23.1 Å². The molecule has 2 rings (SSSR count). The standard InChI is InChI=1S/C15H22N2OS/c1-11-3-4-13(19-2)9-14(11)15(18)17-8-6-12-5-7-16-10-12/h3-4,9,12,16H,5-8,10H2,1-2H3,(H,17,18). The predicted molar refractivity (Wildman–Crippen MR) is 80.9 cm³/mol. The molecule has 1 amide bonds. The summed E-state index contributed by atoms with van der Waals surface area (Å²) in [5, 5.41) is 6.39. The van der Waals surface area contributed by atoms with Crippen molar-refractivity contribution < 1.29 is 4.79 Å². The summed E-state index contributed by atoms with van der Waals surface area (Å²) in [5.74, 6) is 0.776. The van der Waals surface area contributed by atoms with Crippen molar-refractivity contribution in [2.45, 2.75) is 24.7 Å². The third-order valence-electron chi connectivity index (χ3n) is 3.69. The van der Waals surface area contributed by atoms with Gasteiger partial charge in [-0.05, 0) is 62.7 Å². The van der Waals surface area contributed by atoms with Crippen molar-refractivity contribution in [2.75, 3.05) is 25.9 Å². The Morgan fingerprint density at radius 2 is 2.37 bits per heavy atom. The van der Waals surface area contributed by atoms with Gasteiger partial charge in [0.2, 0.25) is 0 Å². The molecule has 2 N–H and O–H groups in total. The topological polar surface area (TPSA) is 41.1 Å². The quantitative estimate of drug-likeness (QED) is 0.813. The van der Waals surface area contributed by atoms with Crippen molar-refractivity contribution in [3.8, 4) is 0 Å². The van der Waals surface area contributed by atoms with E-state index >= 15 is 0 Å². The fourth-order valence-electron chi connectivity index (χ4n) is 2.42. The van der Waals surface area contributed by atoms with E-state index in [0.29, 0.717) is 0 Å². The van der Waals surface area contributed by atoms with Crippen LogP contribution in [0.5, 0.6) is 0 Å². The molecule has 19 heavy (non-hydrogen) atoms. The molecule has 1 aromatic carbocycles. The minimum Gasteiger partial charge on any atom is -0.352 e. The Morgan fingerprint density at radius 1 is 1.53 bits per heavy atom. The summed E-state index contributed by atoms with van der Waals surface area (Å²) >= 11 is 1.67. The van der Waals surface area contributed by atoms with Gasteiger partial charge in [0, 0.05) is 17.0 Å². The van der Waals surface area contributed by atoms with E-state index in [1.807, 2.05) is 25.3 Å². The highest BCUT2D eigenvalue weighted by molar-refractivity contribution is 7.98. The molecule has 1 unspecified atom stereocenters. The van der Waals surface area contributed by atoms with Gasteiger partial charge in [-0.15, -0.1) is 11.8 Å². The van der Waals surface area contributed by atoms with E-state index in [0.717, 1.165) is 48.0 Å². The molecule has 1 aliphatic rings. The zero-order chi connectivity index (χ0) is 13.7. The third-order valence-corrected chi connectivity index (χ3v) is 4.42. The number of amides is 1. The maximum Gasteiger partial charge on any atom is 0.251 e. The maximum absolute atomic E-state index is 12.2. The molecule has 0 aromatic heterocycles. The Balaban J connectivity index is 1.88. The molecular weight excluding hydrogens is 256 g/mol. The summed E-state index contributed by atoms with van der Waals surface area (Å²) < 4.78 is 0. The number of rotatable bonds is 5. The number of nitrogens with one attached hydrogen (secondary N) is 2. The molecule has 1 heterocycles. The molecule has 3 nitrogen and oxygen atoms in total. The van der Waals surface area contributed by atoms with E-state index in [1.54, 1.807) is 11.8 Å². The number of carbonyl (C=O) groups excluding carboxylic acids is 1. The Hall–Kier alpha value is -1.00. The lowest BCUT2D eigenvalue weighted by atomic mass is 10.0. The van der Waals surface area contributed by atoms with Crippen LogP contribution in [0.25, 0.3) is 0 Å². The predicted octanol–water partition coefficient (Wildman–Crippen LogP) is 2.45. The lowest BCUT2D eigenvalue weighted by Gasteiger charge is -2.11. The van der Waals surface area contributed by atoms with E-state index in [9.17, 15) is 4.79 Å². The van der Waals surface area contributed by atoms with Gasteiger partial charge in [0.1, 0.15) is 0 Å². The van der Waals surface area contributed by atoms with Crippen molar-refractivity contribution in [3.63, 3.8) is 0 Å². The van der Waals surface area contributed by atoms with Crippen LogP contribution in [0, 0.1) is 12.8 Å². The summed E-state index contributed by atoms with van der Waals surface area (Å²) in [6, 6.07) is 6.05. The first-order chi connectivity index (χ1) is 9.20. The van der Waals surface area contributed by atoms with Crippen molar-refractivity contribution >= 4 is 17.7 Å². The number of carbonyl (C=O) groups is 1. The molecule has 104 valence electrons. The van der Waals surface area contributed by atoms with Gasteiger partial charge in [-0.1, -0.05) is 6.07 Å². The lowest BCUT2D eigenvalue weighted by molar-refractivity contribution is 0.0951. The summed E-state index contributed by atoms with van der Waals surface area (Å²) in [4.78, 5) is 13.3. The Kier molecular flexibility index (Phi) is 5.28. The van der Waals surface area contributed by atoms with Crippen molar-refractivity contribution in [1.29, 1.82) is 0 Å². The minimum absolute atomic E-state index is 0.0550. The summed E-state index contributed by atoms with van der Waals surface area (Å²) in [6.45, 7) is 4.97. The Morgan fingerprint density at radius 3 is 3.05 bits per heavy atom. The fourth-order valence-corrected chi connectivity index (χ4v) is 2.86. The largest absolute Gasteiger partial charge is 0.352 e. The monoisotopic (exact) mass is 278 g/mol. The molecule has 1 aliphatic heterocycles. The first-order valence-corrected chi connectivity index (χ1v) is 8.06. The highest BCUT2D eigenvalue weighted by atomic mass is 32.2. The third kappa shape index (κ3) is 3.98. The second kappa shape index (κ2) is 6.96. The van der Waals surface area contributed by atoms with Crippen LogP contribution in [0.4, 0.5) is 0 Å². The van der Waals surface area contributed by atoms with E-state index in [4.69, 9.17) is 0 Å². The van der Waals surface area contributed by atoms with Crippen molar-refractivity contribution in [1.82, 2.24) is 10.6 Å². The first kappa shape index (κ1) is 14.4. The van der Waals surface area contributed by atoms with Gasteiger partial charge in [0.15, 0.2) is 0 Å². The average Bonchev–Trinajstić information content (AvgIpc) is 2.92. The van der Waals surface area contributed by atoms with Gasteiger partial charge in [-0.3, -0.25) is 4.79 Å². The zero-order valence-electron chi connectivity index (χ0n) is 11.7. The number of aryl methyl sites for hydroxylation is 1. The zero-order valence-corrected chi connectivity index (χ0v) is 12.5. The maximum atomic E-state index is 12.2. The molecular formula is C15H22N2OS. The molecule has 1 atom stereocenters. The van der Waals surface area contributed by atoms with Crippen LogP contribution < -0.4 is 10.6 Å². The first-order valence-electron chi connectivity index (χ1n) is 6.84. The van der Waals surface area contributed by atoms with Crippen LogP contribution in [0.2, 0.25) is 0 Å². The number of hydrogen-bond acceptors (Lipinski definition) is 3. The van der Waals surface area contributed by atoms with Gasteiger partial charge in [-0.2, -0.15) is 0 Å². The van der Waals surface area contributed by atoms with Crippen LogP contribution in [-0.4, -0.2) is 31.8 Å². The molecule has 0 bridgehead atoms. The van der Waals surface area contributed by atoms with Crippen molar-refractivity contribution in [3.05, 3.63) is 29.3 Å². The molecule has 4 heteroatoms. The van der Waals surface area contributed by atoms with E-state index in [1.165, 1.54) is 6.42 Å². The number of benzene rings is 1. The highest BCUT2D eigenvalue weighted by Crippen LogP contribution is 2.19. The molecule has 0 aliphatic carbocycles. The molecule has 0 spiro atoms. The smallest absolute Gasteiger partial charge is 0.251 e. The number of thioether (sulfide) groups is 1. The average molecular weight is 278 g/mol. The normalized spacial score (nSPS) is 18.5. The second-order valence-electron chi connectivity index (χ2n) is 5.08. The van der Waals surface area contributed by atoms with Gasteiger partial charge >= 0.3 is 0 Å². The summed E-state index contributed by atoms with van der Waals surface area (Å²) in [7, 11) is 0. The van der Waals surface area contributed by atoms with Crippen LogP contribution >= 0.6 is 11.8 Å². The van der Waals surface area contributed by atoms with Crippen molar-refractivity contribution in [2.24, 2.45) is 5.92 Å².